The third kappa shape index (κ3) is 2.16. The summed E-state index contributed by atoms with van der Waals surface area (Å²) in [6.45, 7) is 7.25. The number of carbonyl (C=O) groups is 2. The summed E-state index contributed by atoms with van der Waals surface area (Å²) in [5, 5.41) is 9.53. The van der Waals surface area contributed by atoms with Crippen LogP contribution in [0.4, 0.5) is 0 Å². The normalized spacial score (nSPS) is 34.4. The molecule has 0 aromatic heterocycles. The summed E-state index contributed by atoms with van der Waals surface area (Å²) >= 11 is 7.20. The van der Waals surface area contributed by atoms with Crippen molar-refractivity contribution in [2.45, 2.75) is 41.8 Å². The molecule has 2 aliphatic heterocycles. The van der Waals surface area contributed by atoms with E-state index in [0.717, 1.165) is 5.56 Å². The Morgan fingerprint density at radius 3 is 2.54 bits per heavy atom. The maximum Gasteiger partial charge on any atom is 0.328 e. The van der Waals surface area contributed by atoms with Crippen LogP contribution in [0.25, 0.3) is 0 Å². The van der Waals surface area contributed by atoms with Crippen LogP contribution >= 0.6 is 24.0 Å². The number of carboxylic acid groups (broad SMARTS) is 1. The van der Waals surface area contributed by atoms with Gasteiger partial charge in [0.1, 0.15) is 11.8 Å². The molecule has 2 heterocycles. The lowest BCUT2D eigenvalue weighted by molar-refractivity contribution is -0.143. The van der Waals surface area contributed by atoms with Crippen LogP contribution in [0.3, 0.4) is 0 Å². The van der Waals surface area contributed by atoms with Gasteiger partial charge in [0.2, 0.25) is 0 Å². The van der Waals surface area contributed by atoms with Gasteiger partial charge in [-0.25, -0.2) is 4.79 Å². The van der Waals surface area contributed by atoms with E-state index in [9.17, 15) is 14.7 Å². The van der Waals surface area contributed by atoms with Gasteiger partial charge in [0.25, 0.3) is 0 Å². The lowest BCUT2D eigenvalue weighted by Gasteiger charge is -2.56. The van der Waals surface area contributed by atoms with E-state index < -0.39 is 22.2 Å². The SMILES string of the molecule is C=C[C@]1(C)S[C@H]2N(C(=S)[C@@]2(CC(C)=O)c2ccccc2)[C@H]1C(=O)O. The fourth-order valence-corrected chi connectivity index (χ4v) is 6.24. The van der Waals surface area contributed by atoms with Gasteiger partial charge in [0, 0.05) is 6.42 Å². The standard InChI is InChI=1S/C18H19NO3S2/c1-4-17(3)13(14(21)22)19-15(23)18(10-11(2)20,16(19)24-17)12-8-6-5-7-9-12/h4-9,13,16H,1,10H2,2-3H3,(H,21,22)/t13-,16+,17-,18+/m0/s1. The Kier molecular flexibility index (Phi) is 4.08. The molecule has 6 heteroatoms. The van der Waals surface area contributed by atoms with Crippen LogP contribution in [0.15, 0.2) is 43.0 Å². The van der Waals surface area contributed by atoms with Gasteiger partial charge in [-0.15, -0.1) is 18.3 Å². The second kappa shape index (κ2) is 5.70. The smallest absolute Gasteiger partial charge is 0.328 e. The zero-order valence-electron chi connectivity index (χ0n) is 13.6. The predicted octanol–water partition coefficient (Wildman–Crippen LogP) is 3.02. The van der Waals surface area contributed by atoms with Crippen molar-refractivity contribution < 1.29 is 14.7 Å². The largest absolute Gasteiger partial charge is 0.480 e. The highest BCUT2D eigenvalue weighted by Gasteiger charge is 2.69. The first-order valence-corrected chi connectivity index (χ1v) is 8.98. The second-order valence-electron chi connectivity index (χ2n) is 6.53. The van der Waals surface area contributed by atoms with Crippen LogP contribution in [0.5, 0.6) is 0 Å². The summed E-state index contributed by atoms with van der Waals surface area (Å²) in [6, 6.07) is 8.92. The summed E-state index contributed by atoms with van der Waals surface area (Å²) in [4.78, 5) is 26.2. The Morgan fingerprint density at radius 2 is 2.04 bits per heavy atom. The molecule has 0 bridgehead atoms. The zero-order chi connectivity index (χ0) is 17.7. The summed E-state index contributed by atoms with van der Waals surface area (Å²) < 4.78 is -0.659. The maximum atomic E-state index is 12.0. The highest BCUT2D eigenvalue weighted by molar-refractivity contribution is 8.02. The molecule has 0 amide bonds. The van der Waals surface area contributed by atoms with Crippen molar-refractivity contribution >= 4 is 40.7 Å². The molecule has 24 heavy (non-hydrogen) atoms. The molecule has 1 aromatic rings. The molecule has 0 saturated carbocycles. The number of rotatable bonds is 5. The van der Waals surface area contributed by atoms with Crippen molar-refractivity contribution in [3.63, 3.8) is 0 Å². The molecule has 1 N–H and O–H groups in total. The number of thioether (sulfide) groups is 1. The van der Waals surface area contributed by atoms with Gasteiger partial charge in [0.05, 0.1) is 20.5 Å². The summed E-state index contributed by atoms with van der Waals surface area (Å²) in [7, 11) is 0. The number of hydrogen-bond donors (Lipinski definition) is 1. The van der Waals surface area contributed by atoms with E-state index in [-0.39, 0.29) is 17.6 Å². The molecule has 0 aliphatic carbocycles. The summed E-state index contributed by atoms with van der Waals surface area (Å²) in [6.07, 6.45) is 1.96. The molecule has 0 spiro atoms. The first-order valence-electron chi connectivity index (χ1n) is 7.70. The Hall–Kier alpha value is -1.66. The summed E-state index contributed by atoms with van der Waals surface area (Å²) in [5.74, 6) is -0.875. The third-order valence-corrected chi connectivity index (χ3v) is 7.26. The fraction of sp³-hybridized carbons (Fsp3) is 0.389. The zero-order valence-corrected chi connectivity index (χ0v) is 15.2. The first kappa shape index (κ1) is 17.2. The summed E-state index contributed by atoms with van der Waals surface area (Å²) in [5.41, 5.74) is 0.345. The Balaban J connectivity index is 2.12. The van der Waals surface area contributed by atoms with E-state index in [1.807, 2.05) is 37.3 Å². The van der Waals surface area contributed by atoms with Crippen LogP contribution in [0.2, 0.25) is 0 Å². The number of carboxylic acids is 1. The Morgan fingerprint density at radius 1 is 1.42 bits per heavy atom. The van der Waals surface area contributed by atoms with Crippen LogP contribution < -0.4 is 0 Å². The molecule has 0 radical (unpaired) electrons. The molecular formula is C18H19NO3S2. The Labute approximate surface area is 150 Å². The number of carbonyl (C=O) groups excluding carboxylic acids is 1. The van der Waals surface area contributed by atoms with E-state index in [1.165, 1.54) is 11.8 Å². The molecule has 1 aromatic carbocycles. The van der Waals surface area contributed by atoms with Gasteiger partial charge >= 0.3 is 5.97 Å². The average Bonchev–Trinajstić information content (AvgIpc) is 2.85. The number of thiocarbonyl (C=S) groups is 1. The van der Waals surface area contributed by atoms with Crippen LogP contribution in [0.1, 0.15) is 25.8 Å². The van der Waals surface area contributed by atoms with E-state index >= 15 is 0 Å². The van der Waals surface area contributed by atoms with Gasteiger partial charge in [0.15, 0.2) is 0 Å². The minimum atomic E-state index is -0.917. The highest BCUT2D eigenvalue weighted by Crippen LogP contribution is 2.61. The number of ketones is 1. The lowest BCUT2D eigenvalue weighted by Crippen LogP contribution is -2.71. The van der Waals surface area contributed by atoms with Crippen molar-refractivity contribution in [3.05, 3.63) is 48.6 Å². The van der Waals surface area contributed by atoms with Crippen molar-refractivity contribution in [1.82, 2.24) is 4.90 Å². The molecule has 126 valence electrons. The number of Topliss-reactive ketones (excluding diaryl/α,β-unsaturated/α-hetero) is 1. The van der Waals surface area contributed by atoms with E-state index in [2.05, 4.69) is 6.58 Å². The second-order valence-corrected chi connectivity index (χ2v) is 8.48. The van der Waals surface area contributed by atoms with Crippen molar-refractivity contribution in [1.29, 1.82) is 0 Å². The van der Waals surface area contributed by atoms with Crippen LogP contribution in [-0.2, 0) is 15.0 Å². The monoisotopic (exact) mass is 361 g/mol. The molecule has 2 fully saturated rings. The highest BCUT2D eigenvalue weighted by atomic mass is 32.2. The molecule has 2 saturated heterocycles. The van der Waals surface area contributed by atoms with Gasteiger partial charge in [-0.05, 0) is 19.4 Å². The number of hydrogen-bond acceptors (Lipinski definition) is 4. The minimum absolute atomic E-state index is 0.0422. The van der Waals surface area contributed by atoms with Gasteiger partial charge in [-0.3, -0.25) is 4.79 Å². The van der Waals surface area contributed by atoms with Crippen LogP contribution in [0, 0.1) is 0 Å². The first-order chi connectivity index (χ1) is 11.3. The maximum absolute atomic E-state index is 12.0. The quantitative estimate of drug-likeness (QED) is 0.643. The topological polar surface area (TPSA) is 57.6 Å². The average molecular weight is 361 g/mol. The molecule has 0 unspecified atom stereocenters. The van der Waals surface area contributed by atoms with Gasteiger partial charge in [-0.1, -0.05) is 48.6 Å². The van der Waals surface area contributed by atoms with Gasteiger partial charge < -0.3 is 10.0 Å². The fourth-order valence-electron chi connectivity index (χ4n) is 3.79. The number of aliphatic carboxylic acids is 1. The van der Waals surface area contributed by atoms with Crippen molar-refractivity contribution in [2.24, 2.45) is 0 Å². The van der Waals surface area contributed by atoms with Crippen molar-refractivity contribution in [2.75, 3.05) is 0 Å². The van der Waals surface area contributed by atoms with Gasteiger partial charge in [-0.2, -0.15) is 0 Å². The molecular weight excluding hydrogens is 342 g/mol. The number of benzene rings is 1. The van der Waals surface area contributed by atoms with E-state index in [0.29, 0.717) is 4.99 Å². The van der Waals surface area contributed by atoms with E-state index in [1.54, 1.807) is 17.9 Å². The molecule has 3 rings (SSSR count). The molecule has 4 atom stereocenters. The number of nitrogens with zero attached hydrogens (tertiary/aromatic N) is 1. The molecule has 2 aliphatic rings. The van der Waals surface area contributed by atoms with Crippen LogP contribution in [-0.4, -0.2) is 42.9 Å². The Bertz CT molecular complexity index is 735. The molecule has 4 nitrogen and oxygen atoms in total. The predicted molar refractivity (Wildman–Crippen MR) is 99.3 cm³/mol. The lowest BCUT2D eigenvalue weighted by atomic mass is 9.68. The van der Waals surface area contributed by atoms with E-state index in [4.69, 9.17) is 12.2 Å². The minimum Gasteiger partial charge on any atom is -0.480 e. The van der Waals surface area contributed by atoms with Crippen molar-refractivity contribution in [3.8, 4) is 0 Å². The third-order valence-electron chi connectivity index (χ3n) is 4.93. The number of fused-ring (bicyclic) bond motifs is 1.